The summed E-state index contributed by atoms with van der Waals surface area (Å²) in [5.41, 5.74) is 0. The number of halogens is 1. The van der Waals surface area contributed by atoms with E-state index in [0.29, 0.717) is 0 Å². The van der Waals surface area contributed by atoms with Crippen molar-refractivity contribution in [3.05, 3.63) is 0 Å². The van der Waals surface area contributed by atoms with Gasteiger partial charge in [0.2, 0.25) is 0 Å². The minimum absolute atomic E-state index is 0. The van der Waals surface area contributed by atoms with Gasteiger partial charge in [0, 0.05) is 0 Å². The summed E-state index contributed by atoms with van der Waals surface area (Å²) in [5.74, 6) is 0. The number of hydrogen-bond donors (Lipinski definition) is 0. The third-order valence-electron chi connectivity index (χ3n) is 0. The van der Waals surface area contributed by atoms with Gasteiger partial charge in [0.15, 0.2) is 0 Å². The Morgan fingerprint density at radius 2 is 1.60 bits per heavy atom. The molecule has 0 aliphatic rings. The fraction of sp³-hybridized carbons (Fsp3) is 0. The summed E-state index contributed by atoms with van der Waals surface area (Å²) in [5, 5.41) is 0. The van der Waals surface area contributed by atoms with Crippen molar-refractivity contribution in [3.63, 3.8) is 0 Å². The van der Waals surface area contributed by atoms with Crippen molar-refractivity contribution in [1.82, 2.24) is 0 Å². The van der Waals surface area contributed by atoms with E-state index in [-0.39, 0.29) is 50.1 Å². The second-order valence-corrected chi connectivity index (χ2v) is 0.289. The van der Waals surface area contributed by atoms with Crippen LogP contribution in [0.3, 0.4) is 0 Å². The van der Waals surface area contributed by atoms with Crippen LogP contribution in [-0.4, -0.2) is 53.2 Å². The van der Waals surface area contributed by atoms with E-state index in [9.17, 15) is 0 Å². The third-order valence-corrected chi connectivity index (χ3v) is 0. The molecule has 0 aromatic rings. The summed E-state index contributed by atoms with van der Waals surface area (Å²) in [4.78, 5) is 0. The molecular formula is AlCaClO2. The monoisotopic (exact) mass is 134 g/mol. The molecule has 0 rings (SSSR count). The Morgan fingerprint density at radius 3 is 1.60 bits per heavy atom. The summed E-state index contributed by atoms with van der Waals surface area (Å²) in [6, 6.07) is 0. The van der Waals surface area contributed by atoms with Crippen LogP contribution in [0.25, 0.3) is 0 Å². The standard InChI is InChI=1S/Al.Ca.ClH.2O/h;;1H;;/q;+2;;;-1/p-1. The predicted octanol–water partition coefficient (Wildman–Crippen LogP) is -5.07. The van der Waals surface area contributed by atoms with Crippen LogP contribution < -0.4 is 16.6 Å². The van der Waals surface area contributed by atoms with Gasteiger partial charge in [0.1, 0.15) is 0 Å². The van der Waals surface area contributed by atoms with Crippen LogP contribution in [0.15, 0.2) is 0 Å². The third kappa shape index (κ3) is 27.2. The molecular weight excluding hydrogens is 135 g/mol. The van der Waals surface area contributed by atoms with Crippen LogP contribution in [0.2, 0.25) is 0 Å². The molecule has 5 heteroatoms. The van der Waals surface area contributed by atoms with E-state index in [1.165, 1.54) is 0 Å². The molecule has 24 valence electrons. The molecule has 0 amide bonds. The van der Waals surface area contributed by atoms with Crippen LogP contribution in [0.1, 0.15) is 0 Å². The number of hydrogen-bond acceptors (Lipinski definition) is 2. The quantitative estimate of drug-likeness (QED) is 0.311. The molecule has 0 saturated heterocycles. The fourth-order valence-corrected chi connectivity index (χ4v) is 0. The van der Waals surface area contributed by atoms with Gasteiger partial charge in [-0.3, -0.25) is 0 Å². The first-order valence-electron chi connectivity index (χ1n) is 0.471. The van der Waals surface area contributed by atoms with Crippen molar-refractivity contribution in [1.29, 1.82) is 0 Å². The molecule has 0 aromatic heterocycles. The Morgan fingerprint density at radius 1 is 1.60 bits per heavy atom. The molecule has 0 bridgehead atoms. The second-order valence-electron chi connectivity index (χ2n) is 0.0962. The Balaban J connectivity index is -0.0000000200. The zero-order valence-corrected chi connectivity index (χ0v) is 6.60. The van der Waals surface area contributed by atoms with Crippen LogP contribution in [0.4, 0.5) is 0 Å². The van der Waals surface area contributed by atoms with Crippen LogP contribution in [-0.2, 0) is 3.80 Å². The minimum atomic E-state index is -1.75. The molecule has 0 radical (unpaired) electrons. The van der Waals surface area contributed by atoms with Crippen molar-refractivity contribution in [3.8, 4) is 0 Å². The van der Waals surface area contributed by atoms with Gasteiger partial charge in [-0.15, -0.1) is 0 Å². The van der Waals surface area contributed by atoms with E-state index in [1.54, 1.807) is 0 Å². The average molecular weight is 135 g/mol. The molecule has 0 aliphatic heterocycles. The van der Waals surface area contributed by atoms with Crippen LogP contribution in [0.5, 0.6) is 0 Å². The molecule has 5 heavy (non-hydrogen) atoms. The van der Waals surface area contributed by atoms with E-state index in [0.717, 1.165) is 0 Å². The second kappa shape index (κ2) is 17.3. The summed E-state index contributed by atoms with van der Waals surface area (Å²) in [6.45, 7) is 0. The van der Waals surface area contributed by atoms with E-state index >= 15 is 0 Å². The van der Waals surface area contributed by atoms with Gasteiger partial charge < -0.3 is 12.4 Å². The maximum absolute atomic E-state index is 8.46. The molecule has 0 atom stereocenters. The molecule has 0 aliphatic carbocycles. The van der Waals surface area contributed by atoms with Gasteiger partial charge in [-0.2, -0.15) is 0 Å². The van der Waals surface area contributed by atoms with E-state index in [2.05, 4.69) is 0 Å². The zero-order valence-electron chi connectivity index (χ0n) is 2.48. The van der Waals surface area contributed by atoms with E-state index in [4.69, 9.17) is 7.96 Å². The first-order valence-corrected chi connectivity index (χ1v) is 1.41. The molecule has 0 saturated carbocycles. The van der Waals surface area contributed by atoms with Gasteiger partial charge in [-0.25, -0.2) is 0 Å². The molecule has 0 aromatic carbocycles. The normalized spacial score (nSPS) is 1.60. The fourth-order valence-electron chi connectivity index (χ4n) is 0. The average Bonchev–Trinajstić information content (AvgIpc) is 0.918. The number of rotatable bonds is 0. The van der Waals surface area contributed by atoms with Crippen molar-refractivity contribution >= 4 is 53.2 Å². The molecule has 0 heterocycles. The summed E-state index contributed by atoms with van der Waals surface area (Å²) >= 11 is -1.75. The summed E-state index contributed by atoms with van der Waals surface area (Å²) in [7, 11) is 0. The first kappa shape index (κ1) is 15.9. The molecule has 0 unspecified atom stereocenters. The van der Waals surface area contributed by atoms with Gasteiger partial charge in [-0.1, -0.05) is 0 Å². The maximum atomic E-state index is 8.46. The molecule has 0 fully saturated rings. The van der Waals surface area contributed by atoms with Crippen LogP contribution >= 0.6 is 0 Å². The molecule has 0 N–H and O–H groups in total. The summed E-state index contributed by atoms with van der Waals surface area (Å²) < 4.78 is 16.9. The Kier molecular flexibility index (Phi) is 55.1. The Labute approximate surface area is 72.6 Å². The van der Waals surface area contributed by atoms with Crippen molar-refractivity contribution < 1.29 is 20.4 Å². The zero-order chi connectivity index (χ0) is 2.71. The molecule has 2 nitrogen and oxygen atoms in total. The van der Waals surface area contributed by atoms with Crippen molar-refractivity contribution in [2.75, 3.05) is 0 Å². The molecule has 0 spiro atoms. The van der Waals surface area contributed by atoms with Gasteiger partial charge in [0.05, 0.1) is 0 Å². The Bertz CT molecular complexity index is 17.1. The summed E-state index contributed by atoms with van der Waals surface area (Å²) in [6.07, 6.45) is 0. The Hall–Kier alpha value is 1.68. The van der Waals surface area contributed by atoms with E-state index in [1.807, 2.05) is 0 Å². The van der Waals surface area contributed by atoms with Gasteiger partial charge in [0.25, 0.3) is 0 Å². The van der Waals surface area contributed by atoms with Gasteiger partial charge >= 0.3 is 61.2 Å². The first-order chi connectivity index (χ1) is 1.41. The van der Waals surface area contributed by atoms with Crippen molar-refractivity contribution in [2.45, 2.75) is 0 Å². The SMILES string of the molecule is [Ca+2].[Cl-].[O]=[Al][O-]. The van der Waals surface area contributed by atoms with E-state index < -0.39 is 15.5 Å². The topological polar surface area (TPSA) is 40.1 Å². The van der Waals surface area contributed by atoms with Crippen molar-refractivity contribution in [2.24, 2.45) is 0 Å². The van der Waals surface area contributed by atoms with Crippen LogP contribution in [0, 0.1) is 0 Å². The van der Waals surface area contributed by atoms with Gasteiger partial charge in [-0.05, 0) is 0 Å². The predicted molar refractivity (Wildman–Crippen MR) is 12.2 cm³/mol.